The molecule has 0 aliphatic rings. The molecule has 15 heavy (non-hydrogen) atoms. The van der Waals surface area contributed by atoms with E-state index < -0.39 is 0 Å². The predicted octanol–water partition coefficient (Wildman–Crippen LogP) is 3.71. The van der Waals surface area contributed by atoms with Gasteiger partial charge in [0.15, 0.2) is 5.76 Å². The fourth-order valence-corrected chi connectivity index (χ4v) is 1.74. The summed E-state index contributed by atoms with van der Waals surface area (Å²) in [6, 6.07) is 11.7. The van der Waals surface area contributed by atoms with E-state index in [2.05, 4.69) is 22.0 Å². The van der Waals surface area contributed by atoms with E-state index in [1.165, 1.54) is 11.8 Å². The van der Waals surface area contributed by atoms with Crippen molar-refractivity contribution in [3.8, 4) is 17.4 Å². The van der Waals surface area contributed by atoms with E-state index in [9.17, 15) is 0 Å². The molecular weight excluding hydrogens is 254 g/mol. The molecule has 3 heteroatoms. The zero-order valence-corrected chi connectivity index (χ0v) is 9.49. The Labute approximate surface area is 96.3 Å². The minimum absolute atomic E-state index is 0.571. The first-order valence-electron chi connectivity index (χ1n) is 4.48. The summed E-state index contributed by atoms with van der Waals surface area (Å²) in [6.45, 7) is 0. The van der Waals surface area contributed by atoms with Crippen LogP contribution in [0.15, 0.2) is 41.0 Å². The van der Waals surface area contributed by atoms with Gasteiger partial charge in [-0.1, -0.05) is 40.2 Å². The Morgan fingerprint density at radius 2 is 1.93 bits per heavy atom. The van der Waals surface area contributed by atoms with Gasteiger partial charge in [0.05, 0.1) is 11.8 Å². The molecule has 0 N–H and O–H groups in total. The highest BCUT2D eigenvalue weighted by atomic mass is 79.9. The highest BCUT2D eigenvalue weighted by molar-refractivity contribution is 9.08. The molecule has 0 atom stereocenters. The van der Waals surface area contributed by atoms with Crippen LogP contribution in [0.1, 0.15) is 11.1 Å². The van der Waals surface area contributed by atoms with Crippen molar-refractivity contribution in [2.75, 3.05) is 0 Å². The lowest BCUT2D eigenvalue weighted by atomic mass is 10.1. The van der Waals surface area contributed by atoms with Crippen LogP contribution in [-0.4, -0.2) is 0 Å². The van der Waals surface area contributed by atoms with E-state index in [0.717, 1.165) is 10.9 Å². The average molecular weight is 262 g/mol. The van der Waals surface area contributed by atoms with Gasteiger partial charge in [-0.25, -0.2) is 0 Å². The quantitative estimate of drug-likeness (QED) is 0.773. The van der Waals surface area contributed by atoms with Crippen molar-refractivity contribution in [3.63, 3.8) is 0 Å². The van der Waals surface area contributed by atoms with Crippen LogP contribution in [-0.2, 0) is 5.33 Å². The molecule has 0 amide bonds. The summed E-state index contributed by atoms with van der Waals surface area (Å²) < 4.78 is 5.28. The Hall–Kier alpha value is -1.53. The Kier molecular flexibility index (Phi) is 2.89. The normalized spacial score (nSPS) is 9.87. The van der Waals surface area contributed by atoms with Crippen molar-refractivity contribution in [3.05, 3.63) is 47.7 Å². The van der Waals surface area contributed by atoms with Gasteiger partial charge in [-0.2, -0.15) is 5.26 Å². The predicted molar refractivity (Wildman–Crippen MR) is 61.5 cm³/mol. The zero-order valence-electron chi connectivity index (χ0n) is 7.90. The molecule has 2 rings (SSSR count). The van der Waals surface area contributed by atoms with E-state index >= 15 is 0 Å². The van der Waals surface area contributed by atoms with Gasteiger partial charge in [0.25, 0.3) is 0 Å². The lowest BCUT2D eigenvalue weighted by Gasteiger charge is -1.99. The number of benzene rings is 1. The molecule has 2 nitrogen and oxygen atoms in total. The van der Waals surface area contributed by atoms with Crippen LogP contribution in [0.25, 0.3) is 11.3 Å². The van der Waals surface area contributed by atoms with Crippen LogP contribution in [0.5, 0.6) is 0 Å². The molecule has 0 bridgehead atoms. The summed E-state index contributed by atoms with van der Waals surface area (Å²) >= 11 is 3.38. The summed E-state index contributed by atoms with van der Waals surface area (Å²) in [4.78, 5) is 0. The van der Waals surface area contributed by atoms with Gasteiger partial charge in [0.2, 0.25) is 0 Å². The van der Waals surface area contributed by atoms with E-state index in [1.807, 2.05) is 24.3 Å². The molecule has 0 fully saturated rings. The molecule has 1 aromatic carbocycles. The molecule has 0 spiro atoms. The molecule has 1 aromatic heterocycles. The van der Waals surface area contributed by atoms with Crippen LogP contribution in [0, 0.1) is 11.3 Å². The van der Waals surface area contributed by atoms with Gasteiger partial charge < -0.3 is 4.42 Å². The molecule has 0 aliphatic heterocycles. The first kappa shape index (κ1) is 10.0. The second kappa shape index (κ2) is 4.33. The highest BCUT2D eigenvalue weighted by Crippen LogP contribution is 2.24. The molecule has 0 saturated carbocycles. The average Bonchev–Trinajstić information content (AvgIpc) is 2.77. The van der Waals surface area contributed by atoms with E-state index in [0.29, 0.717) is 11.3 Å². The smallest absolute Gasteiger partial charge is 0.151 e. The Morgan fingerprint density at radius 1 is 1.20 bits per heavy atom. The van der Waals surface area contributed by atoms with Crippen molar-refractivity contribution >= 4 is 15.9 Å². The van der Waals surface area contributed by atoms with Gasteiger partial charge in [0.1, 0.15) is 6.07 Å². The number of halogens is 1. The number of nitrogens with zero attached hydrogens (tertiary/aromatic N) is 1. The Balaban J connectivity index is 2.42. The summed E-state index contributed by atoms with van der Waals surface area (Å²) in [5.74, 6) is 0.638. The van der Waals surface area contributed by atoms with E-state index in [4.69, 9.17) is 9.68 Å². The maximum absolute atomic E-state index is 8.85. The van der Waals surface area contributed by atoms with Gasteiger partial charge >= 0.3 is 0 Å². The third kappa shape index (κ3) is 1.95. The molecule has 0 radical (unpaired) electrons. The summed E-state index contributed by atoms with van der Waals surface area (Å²) in [6.07, 6.45) is 1.53. The topological polar surface area (TPSA) is 36.9 Å². The number of furan rings is 1. The molecule has 1 heterocycles. The van der Waals surface area contributed by atoms with Crippen LogP contribution in [0.2, 0.25) is 0 Å². The van der Waals surface area contributed by atoms with Gasteiger partial charge in [-0.3, -0.25) is 0 Å². The fraction of sp³-hybridized carbons (Fsp3) is 0.0833. The second-order valence-corrected chi connectivity index (χ2v) is 3.67. The van der Waals surface area contributed by atoms with Gasteiger partial charge in [-0.05, 0) is 11.6 Å². The minimum atomic E-state index is 0.571. The van der Waals surface area contributed by atoms with Gasteiger partial charge in [-0.15, -0.1) is 0 Å². The van der Waals surface area contributed by atoms with Crippen molar-refractivity contribution in [2.45, 2.75) is 5.33 Å². The first-order chi connectivity index (χ1) is 7.35. The van der Waals surface area contributed by atoms with Crippen molar-refractivity contribution in [1.29, 1.82) is 5.26 Å². The third-order valence-electron chi connectivity index (χ3n) is 2.16. The second-order valence-electron chi connectivity index (χ2n) is 3.11. The fourth-order valence-electron chi connectivity index (χ4n) is 1.37. The molecular formula is C12H8BrNO. The van der Waals surface area contributed by atoms with Crippen LogP contribution >= 0.6 is 15.9 Å². The SMILES string of the molecule is N#Cc1ccoc1-c1ccc(CBr)cc1. The lowest BCUT2D eigenvalue weighted by molar-refractivity contribution is 0.581. The Bertz CT molecular complexity index is 493. The Morgan fingerprint density at radius 3 is 2.53 bits per heavy atom. The lowest BCUT2D eigenvalue weighted by Crippen LogP contribution is -1.80. The van der Waals surface area contributed by atoms with Crippen LogP contribution in [0.3, 0.4) is 0 Å². The summed E-state index contributed by atoms with van der Waals surface area (Å²) in [7, 11) is 0. The number of hydrogen-bond acceptors (Lipinski definition) is 2. The standard InChI is InChI=1S/C12H8BrNO/c13-7-9-1-3-10(4-2-9)12-11(8-14)5-6-15-12/h1-6H,7H2. The largest absolute Gasteiger partial charge is 0.463 e. The minimum Gasteiger partial charge on any atom is -0.463 e. The summed E-state index contributed by atoms with van der Waals surface area (Å²) in [5, 5.41) is 9.68. The van der Waals surface area contributed by atoms with Crippen molar-refractivity contribution in [2.24, 2.45) is 0 Å². The number of rotatable bonds is 2. The number of nitriles is 1. The first-order valence-corrected chi connectivity index (χ1v) is 5.60. The zero-order chi connectivity index (χ0) is 10.7. The van der Waals surface area contributed by atoms with E-state index in [-0.39, 0.29) is 0 Å². The molecule has 2 aromatic rings. The third-order valence-corrected chi connectivity index (χ3v) is 2.80. The molecule has 0 saturated heterocycles. The molecule has 0 unspecified atom stereocenters. The maximum atomic E-state index is 8.85. The monoisotopic (exact) mass is 261 g/mol. The summed E-state index contributed by atoms with van der Waals surface area (Å²) in [5.41, 5.74) is 2.70. The molecule has 74 valence electrons. The van der Waals surface area contributed by atoms with Gasteiger partial charge in [0, 0.05) is 10.9 Å². The van der Waals surface area contributed by atoms with Crippen molar-refractivity contribution in [1.82, 2.24) is 0 Å². The van der Waals surface area contributed by atoms with Crippen LogP contribution < -0.4 is 0 Å². The van der Waals surface area contributed by atoms with E-state index in [1.54, 1.807) is 6.07 Å². The highest BCUT2D eigenvalue weighted by Gasteiger charge is 2.07. The number of alkyl halides is 1. The molecule has 0 aliphatic carbocycles. The van der Waals surface area contributed by atoms with Crippen LogP contribution in [0.4, 0.5) is 0 Å². The van der Waals surface area contributed by atoms with Crippen molar-refractivity contribution < 1.29 is 4.42 Å². The number of hydrogen-bond donors (Lipinski definition) is 0. The maximum Gasteiger partial charge on any atom is 0.151 e.